The number of thiophene rings is 1. The molecule has 0 saturated carbocycles. The third-order valence-corrected chi connectivity index (χ3v) is 3.93. The minimum atomic E-state index is 0.552. The molecule has 0 bridgehead atoms. The van der Waals surface area contributed by atoms with E-state index in [9.17, 15) is 0 Å². The summed E-state index contributed by atoms with van der Waals surface area (Å²) in [5, 5.41) is 4.26. The van der Waals surface area contributed by atoms with E-state index in [-0.39, 0.29) is 0 Å². The fourth-order valence-corrected chi connectivity index (χ4v) is 2.91. The van der Waals surface area contributed by atoms with E-state index in [0.29, 0.717) is 5.88 Å². The van der Waals surface area contributed by atoms with Gasteiger partial charge in [-0.15, -0.1) is 11.6 Å². The predicted octanol–water partition coefficient (Wildman–Crippen LogP) is 4.73. The maximum atomic E-state index is 5.90. The van der Waals surface area contributed by atoms with Gasteiger partial charge < -0.3 is 4.74 Å². The first-order valence-corrected chi connectivity index (χ1v) is 7.48. The van der Waals surface area contributed by atoms with Crippen molar-refractivity contribution in [2.24, 2.45) is 0 Å². The standard InChI is InChI=1S/C15H17ClOS/c1-11-7-14(9-16)8-12(2)15(11)17-5-3-13-4-6-18-10-13/h4,6-8,10H,3,5,9H2,1-2H3. The Hall–Kier alpha value is -0.990. The molecule has 0 spiro atoms. The second kappa shape index (κ2) is 6.26. The van der Waals surface area contributed by atoms with Crippen LogP contribution in [0.3, 0.4) is 0 Å². The van der Waals surface area contributed by atoms with Gasteiger partial charge >= 0.3 is 0 Å². The fraction of sp³-hybridized carbons (Fsp3) is 0.333. The number of ether oxygens (including phenoxy) is 1. The Morgan fingerprint density at radius 1 is 1.17 bits per heavy atom. The second-order valence-corrected chi connectivity index (χ2v) is 5.47. The molecule has 0 unspecified atom stereocenters. The highest BCUT2D eigenvalue weighted by Gasteiger charge is 2.06. The summed E-state index contributed by atoms with van der Waals surface area (Å²) in [7, 11) is 0. The molecule has 1 aromatic carbocycles. The number of aryl methyl sites for hydroxylation is 2. The molecule has 0 amide bonds. The Kier molecular flexibility index (Phi) is 4.67. The summed E-state index contributed by atoms with van der Waals surface area (Å²) in [4.78, 5) is 0. The van der Waals surface area contributed by atoms with Crippen LogP contribution < -0.4 is 4.74 Å². The number of benzene rings is 1. The number of alkyl halides is 1. The lowest BCUT2D eigenvalue weighted by Gasteiger charge is -2.13. The van der Waals surface area contributed by atoms with Crippen LogP contribution in [-0.2, 0) is 12.3 Å². The average molecular weight is 281 g/mol. The van der Waals surface area contributed by atoms with Crippen molar-refractivity contribution in [2.75, 3.05) is 6.61 Å². The van der Waals surface area contributed by atoms with E-state index >= 15 is 0 Å². The first-order chi connectivity index (χ1) is 8.70. The SMILES string of the molecule is Cc1cc(CCl)cc(C)c1OCCc1ccsc1. The maximum absolute atomic E-state index is 5.90. The zero-order valence-corrected chi connectivity index (χ0v) is 12.3. The Labute approximate surface area is 117 Å². The fourth-order valence-electron chi connectivity index (χ4n) is 2.05. The van der Waals surface area contributed by atoms with Gasteiger partial charge in [-0.3, -0.25) is 0 Å². The lowest BCUT2D eigenvalue weighted by Crippen LogP contribution is -2.03. The molecule has 3 heteroatoms. The summed E-state index contributed by atoms with van der Waals surface area (Å²) in [5.41, 5.74) is 4.82. The van der Waals surface area contributed by atoms with Crippen molar-refractivity contribution in [3.8, 4) is 5.75 Å². The van der Waals surface area contributed by atoms with E-state index < -0.39 is 0 Å². The van der Waals surface area contributed by atoms with Crippen LogP contribution >= 0.6 is 22.9 Å². The van der Waals surface area contributed by atoms with Gasteiger partial charge in [0, 0.05) is 12.3 Å². The van der Waals surface area contributed by atoms with E-state index in [4.69, 9.17) is 16.3 Å². The number of hydrogen-bond acceptors (Lipinski definition) is 2. The van der Waals surface area contributed by atoms with Crippen molar-refractivity contribution in [3.05, 3.63) is 51.2 Å². The second-order valence-electron chi connectivity index (χ2n) is 4.42. The Bertz CT molecular complexity index is 482. The largest absolute Gasteiger partial charge is 0.493 e. The molecule has 0 N–H and O–H groups in total. The molecule has 1 nitrogen and oxygen atoms in total. The van der Waals surface area contributed by atoms with Gasteiger partial charge in [0.15, 0.2) is 0 Å². The van der Waals surface area contributed by atoms with E-state index in [1.54, 1.807) is 11.3 Å². The monoisotopic (exact) mass is 280 g/mol. The van der Waals surface area contributed by atoms with Gasteiger partial charge in [0.25, 0.3) is 0 Å². The molecule has 2 aromatic rings. The molecular weight excluding hydrogens is 264 g/mol. The van der Waals surface area contributed by atoms with Crippen LogP contribution in [0.4, 0.5) is 0 Å². The molecule has 0 aliphatic heterocycles. The van der Waals surface area contributed by atoms with Crippen molar-refractivity contribution in [2.45, 2.75) is 26.1 Å². The van der Waals surface area contributed by atoms with Gasteiger partial charge in [-0.05, 0) is 52.9 Å². The van der Waals surface area contributed by atoms with E-state index in [2.05, 4.69) is 42.8 Å². The molecule has 1 heterocycles. The molecule has 1 aromatic heterocycles. The molecule has 2 rings (SSSR count). The number of rotatable bonds is 5. The summed E-state index contributed by atoms with van der Waals surface area (Å²) in [6.07, 6.45) is 0.958. The van der Waals surface area contributed by atoms with Crippen molar-refractivity contribution < 1.29 is 4.74 Å². The highest BCUT2D eigenvalue weighted by atomic mass is 35.5. The minimum absolute atomic E-state index is 0.552. The van der Waals surface area contributed by atoms with Gasteiger partial charge in [0.2, 0.25) is 0 Å². The molecule has 96 valence electrons. The number of hydrogen-bond donors (Lipinski definition) is 0. The first kappa shape index (κ1) is 13.4. The van der Waals surface area contributed by atoms with Gasteiger partial charge in [-0.25, -0.2) is 0 Å². The third kappa shape index (κ3) is 3.27. The average Bonchev–Trinajstić information content (AvgIpc) is 2.85. The summed E-state index contributed by atoms with van der Waals surface area (Å²) >= 11 is 7.58. The summed E-state index contributed by atoms with van der Waals surface area (Å²) in [6, 6.07) is 6.34. The van der Waals surface area contributed by atoms with Crippen LogP contribution in [0.15, 0.2) is 29.0 Å². The molecular formula is C15H17ClOS. The molecule has 0 fully saturated rings. The van der Waals surface area contributed by atoms with Gasteiger partial charge in [-0.2, -0.15) is 11.3 Å². The molecule has 0 radical (unpaired) electrons. The lowest BCUT2D eigenvalue weighted by atomic mass is 10.1. The van der Waals surface area contributed by atoms with E-state index in [0.717, 1.165) is 35.5 Å². The maximum Gasteiger partial charge on any atom is 0.125 e. The summed E-state index contributed by atoms with van der Waals surface area (Å²) in [5.74, 6) is 1.55. The zero-order chi connectivity index (χ0) is 13.0. The smallest absolute Gasteiger partial charge is 0.125 e. The summed E-state index contributed by atoms with van der Waals surface area (Å²) in [6.45, 7) is 4.87. The summed E-state index contributed by atoms with van der Waals surface area (Å²) < 4.78 is 5.90. The van der Waals surface area contributed by atoms with Crippen LogP contribution in [0.5, 0.6) is 5.75 Å². The van der Waals surface area contributed by atoms with Gasteiger partial charge in [0.1, 0.15) is 5.75 Å². The quantitative estimate of drug-likeness (QED) is 0.720. The normalized spacial score (nSPS) is 10.6. The van der Waals surface area contributed by atoms with Crippen LogP contribution in [0, 0.1) is 13.8 Å². The predicted molar refractivity (Wildman–Crippen MR) is 79.0 cm³/mol. The molecule has 0 atom stereocenters. The number of halogens is 1. The topological polar surface area (TPSA) is 9.23 Å². The first-order valence-electron chi connectivity index (χ1n) is 6.00. The molecule has 0 saturated heterocycles. The zero-order valence-electron chi connectivity index (χ0n) is 10.7. The molecule has 0 aliphatic rings. The van der Waals surface area contributed by atoms with E-state index in [1.165, 1.54) is 5.56 Å². The Balaban J connectivity index is 2.01. The van der Waals surface area contributed by atoms with Crippen molar-refractivity contribution in [1.29, 1.82) is 0 Å². The van der Waals surface area contributed by atoms with Crippen molar-refractivity contribution in [1.82, 2.24) is 0 Å². The van der Waals surface area contributed by atoms with Gasteiger partial charge in [-0.1, -0.05) is 12.1 Å². The highest BCUT2D eigenvalue weighted by Crippen LogP contribution is 2.25. The van der Waals surface area contributed by atoms with Crippen molar-refractivity contribution in [3.63, 3.8) is 0 Å². The minimum Gasteiger partial charge on any atom is -0.493 e. The van der Waals surface area contributed by atoms with Crippen molar-refractivity contribution >= 4 is 22.9 Å². The third-order valence-electron chi connectivity index (χ3n) is 2.89. The Morgan fingerprint density at radius 3 is 2.44 bits per heavy atom. The molecule has 18 heavy (non-hydrogen) atoms. The lowest BCUT2D eigenvalue weighted by molar-refractivity contribution is 0.317. The van der Waals surface area contributed by atoms with Crippen LogP contribution in [0.25, 0.3) is 0 Å². The van der Waals surface area contributed by atoms with Crippen LogP contribution in [0.1, 0.15) is 22.3 Å². The highest BCUT2D eigenvalue weighted by molar-refractivity contribution is 7.07. The van der Waals surface area contributed by atoms with Crippen LogP contribution in [-0.4, -0.2) is 6.61 Å². The van der Waals surface area contributed by atoms with E-state index in [1.807, 2.05) is 0 Å². The van der Waals surface area contributed by atoms with Gasteiger partial charge in [0.05, 0.1) is 6.61 Å². The Morgan fingerprint density at radius 2 is 1.89 bits per heavy atom. The van der Waals surface area contributed by atoms with Crippen LogP contribution in [0.2, 0.25) is 0 Å². The molecule has 0 aliphatic carbocycles.